The number of urea groups is 1. The Morgan fingerprint density at radius 2 is 2.18 bits per heavy atom. The van der Waals surface area contributed by atoms with Crippen LogP contribution in [0.3, 0.4) is 0 Å². The minimum atomic E-state index is -0.611. The summed E-state index contributed by atoms with van der Waals surface area (Å²) < 4.78 is 4.12. The van der Waals surface area contributed by atoms with Crippen molar-refractivity contribution in [2.45, 2.75) is 6.92 Å². The normalized spacial score (nSPS) is 9.82. The summed E-state index contributed by atoms with van der Waals surface area (Å²) >= 11 is 1.03. The molecule has 8 heteroatoms. The van der Waals surface area contributed by atoms with Gasteiger partial charge in [0.15, 0.2) is 5.82 Å². The molecule has 1 rings (SSSR count). The first kappa shape index (κ1) is 13.2. The molecule has 0 spiro atoms. The quantitative estimate of drug-likeness (QED) is 0.729. The Morgan fingerprint density at radius 1 is 1.53 bits per heavy atom. The lowest BCUT2D eigenvalue weighted by Crippen LogP contribution is -2.26. The van der Waals surface area contributed by atoms with E-state index in [1.165, 1.54) is 7.05 Å². The Kier molecular flexibility index (Phi) is 4.27. The average Bonchev–Trinajstić information content (AvgIpc) is 2.71. The van der Waals surface area contributed by atoms with Crippen molar-refractivity contribution in [2.24, 2.45) is 5.73 Å². The number of nitrogens with two attached hydrogens (primary N) is 1. The maximum Gasteiger partial charge on any atom is 0.319 e. The molecule has 94 valence electrons. The van der Waals surface area contributed by atoms with E-state index in [1.807, 2.05) is 6.92 Å². The van der Waals surface area contributed by atoms with Crippen LogP contribution in [0.15, 0.2) is 0 Å². The van der Waals surface area contributed by atoms with E-state index >= 15 is 0 Å². The number of aromatic nitrogens is 1. The van der Waals surface area contributed by atoms with Crippen molar-refractivity contribution in [3.8, 4) is 0 Å². The van der Waals surface area contributed by atoms with Gasteiger partial charge >= 0.3 is 6.03 Å². The summed E-state index contributed by atoms with van der Waals surface area (Å²) in [5.74, 6) is -0.128. The monoisotopic (exact) mass is 257 g/mol. The van der Waals surface area contributed by atoms with E-state index in [1.54, 1.807) is 11.9 Å². The van der Waals surface area contributed by atoms with E-state index in [0.717, 1.165) is 11.5 Å². The summed E-state index contributed by atoms with van der Waals surface area (Å²) in [4.78, 5) is 24.4. The third-order valence-corrected chi connectivity index (χ3v) is 2.96. The summed E-state index contributed by atoms with van der Waals surface area (Å²) in [7, 11) is 3.28. The molecule has 0 saturated carbocycles. The first-order chi connectivity index (χ1) is 8.01. The summed E-state index contributed by atoms with van der Waals surface area (Å²) in [5, 5.41) is 5.27. The Balaban J connectivity index is 3.11. The number of hydrogen-bond acceptors (Lipinski definition) is 5. The molecule has 4 N–H and O–H groups in total. The highest BCUT2D eigenvalue weighted by Gasteiger charge is 2.21. The molecule has 0 radical (unpaired) electrons. The highest BCUT2D eigenvalue weighted by molar-refractivity contribution is 7.11. The van der Waals surface area contributed by atoms with Gasteiger partial charge in [0.2, 0.25) is 0 Å². The number of nitrogens with one attached hydrogen (secondary N) is 2. The van der Waals surface area contributed by atoms with E-state index < -0.39 is 11.9 Å². The van der Waals surface area contributed by atoms with Crippen molar-refractivity contribution in [1.82, 2.24) is 9.69 Å². The molecule has 0 aliphatic rings. The van der Waals surface area contributed by atoms with Crippen LogP contribution in [0, 0.1) is 0 Å². The van der Waals surface area contributed by atoms with Crippen molar-refractivity contribution in [3.63, 3.8) is 0 Å². The number of anilines is 2. The molecule has 17 heavy (non-hydrogen) atoms. The van der Waals surface area contributed by atoms with Crippen LogP contribution in [-0.4, -0.2) is 37.0 Å². The van der Waals surface area contributed by atoms with Gasteiger partial charge in [-0.25, -0.2) is 4.79 Å². The van der Waals surface area contributed by atoms with Crippen LogP contribution >= 0.6 is 11.5 Å². The Labute approximate surface area is 103 Å². The number of amides is 3. The predicted molar refractivity (Wildman–Crippen MR) is 67.7 cm³/mol. The van der Waals surface area contributed by atoms with Gasteiger partial charge in [0, 0.05) is 20.6 Å². The molecule has 0 aliphatic heterocycles. The molecule has 0 aromatic carbocycles. The van der Waals surface area contributed by atoms with Crippen LogP contribution < -0.4 is 21.3 Å². The standard InChI is InChI=1S/C9H15N5O2S/c1-4-14(3)7-5(6(10)15)8(17-13-7)12-9(16)11-2/h4H2,1-3H3,(H2,10,15)(H2,11,12,16). The van der Waals surface area contributed by atoms with Crippen molar-refractivity contribution >= 4 is 34.3 Å². The maximum atomic E-state index is 11.4. The molecular formula is C9H15N5O2S. The van der Waals surface area contributed by atoms with Gasteiger partial charge < -0.3 is 16.0 Å². The van der Waals surface area contributed by atoms with E-state index in [-0.39, 0.29) is 5.56 Å². The number of carbonyl (C=O) groups excluding carboxylic acids is 2. The van der Waals surface area contributed by atoms with E-state index in [0.29, 0.717) is 17.4 Å². The Morgan fingerprint density at radius 3 is 2.65 bits per heavy atom. The van der Waals surface area contributed by atoms with Gasteiger partial charge in [-0.3, -0.25) is 10.1 Å². The number of carbonyl (C=O) groups is 2. The topological polar surface area (TPSA) is 100 Å². The van der Waals surface area contributed by atoms with E-state index in [4.69, 9.17) is 5.73 Å². The first-order valence-corrected chi connectivity index (χ1v) is 5.77. The fraction of sp³-hybridized carbons (Fsp3) is 0.444. The van der Waals surface area contributed by atoms with Crippen LogP contribution in [0.2, 0.25) is 0 Å². The molecule has 1 aromatic heterocycles. The van der Waals surface area contributed by atoms with E-state index in [9.17, 15) is 9.59 Å². The highest BCUT2D eigenvalue weighted by atomic mass is 32.1. The second-order valence-corrected chi connectivity index (χ2v) is 4.07. The number of rotatable bonds is 4. The van der Waals surface area contributed by atoms with Gasteiger partial charge in [-0.2, -0.15) is 4.37 Å². The van der Waals surface area contributed by atoms with Crippen LogP contribution in [0.4, 0.5) is 15.6 Å². The molecule has 7 nitrogen and oxygen atoms in total. The number of nitrogens with zero attached hydrogens (tertiary/aromatic N) is 2. The molecule has 1 aromatic rings. The first-order valence-electron chi connectivity index (χ1n) is 5.00. The fourth-order valence-corrected chi connectivity index (χ4v) is 1.99. The molecule has 0 bridgehead atoms. The Hall–Kier alpha value is -1.83. The van der Waals surface area contributed by atoms with Crippen molar-refractivity contribution < 1.29 is 9.59 Å². The van der Waals surface area contributed by atoms with Gasteiger partial charge in [0.25, 0.3) is 5.91 Å². The maximum absolute atomic E-state index is 11.4. The fourth-order valence-electron chi connectivity index (χ4n) is 1.17. The average molecular weight is 257 g/mol. The molecule has 0 fully saturated rings. The molecule has 3 amide bonds. The highest BCUT2D eigenvalue weighted by Crippen LogP contribution is 2.30. The van der Waals surface area contributed by atoms with Crippen LogP contribution in [-0.2, 0) is 0 Å². The van der Waals surface area contributed by atoms with Gasteiger partial charge in [-0.15, -0.1) is 0 Å². The second-order valence-electron chi connectivity index (χ2n) is 3.29. The molecular weight excluding hydrogens is 242 g/mol. The SMILES string of the molecule is CCN(C)c1nsc(NC(=O)NC)c1C(N)=O. The van der Waals surface area contributed by atoms with Gasteiger partial charge in [-0.05, 0) is 18.5 Å². The summed E-state index contributed by atoms with van der Waals surface area (Å²) in [6, 6.07) is -0.415. The lowest BCUT2D eigenvalue weighted by Gasteiger charge is -2.14. The van der Waals surface area contributed by atoms with E-state index in [2.05, 4.69) is 15.0 Å². The summed E-state index contributed by atoms with van der Waals surface area (Å²) in [6.07, 6.45) is 0. The minimum Gasteiger partial charge on any atom is -0.365 e. The largest absolute Gasteiger partial charge is 0.365 e. The van der Waals surface area contributed by atoms with Crippen molar-refractivity contribution in [3.05, 3.63) is 5.56 Å². The molecule has 0 saturated heterocycles. The third kappa shape index (κ3) is 2.84. The van der Waals surface area contributed by atoms with Gasteiger partial charge in [-0.1, -0.05) is 0 Å². The van der Waals surface area contributed by atoms with Crippen molar-refractivity contribution in [2.75, 3.05) is 30.9 Å². The lowest BCUT2D eigenvalue weighted by atomic mass is 10.3. The van der Waals surface area contributed by atoms with Gasteiger partial charge in [0.1, 0.15) is 10.6 Å². The van der Waals surface area contributed by atoms with Gasteiger partial charge in [0.05, 0.1) is 0 Å². The zero-order valence-electron chi connectivity index (χ0n) is 9.90. The molecule has 1 heterocycles. The van der Waals surface area contributed by atoms with Crippen LogP contribution in [0.5, 0.6) is 0 Å². The van der Waals surface area contributed by atoms with Crippen LogP contribution in [0.1, 0.15) is 17.3 Å². The summed E-state index contributed by atoms with van der Waals surface area (Å²) in [6.45, 7) is 2.61. The Bertz CT molecular complexity index is 431. The third-order valence-electron chi connectivity index (χ3n) is 2.21. The van der Waals surface area contributed by atoms with Crippen molar-refractivity contribution in [1.29, 1.82) is 0 Å². The number of primary amides is 1. The zero-order valence-corrected chi connectivity index (χ0v) is 10.7. The van der Waals surface area contributed by atoms with Crippen LogP contribution in [0.25, 0.3) is 0 Å². The predicted octanol–water partition coefficient (Wildman–Crippen LogP) is 0.449. The molecule has 0 aliphatic carbocycles. The molecule has 0 atom stereocenters. The smallest absolute Gasteiger partial charge is 0.319 e. The zero-order chi connectivity index (χ0) is 13.0. The second kappa shape index (κ2) is 5.48. The number of hydrogen-bond donors (Lipinski definition) is 3. The summed E-state index contributed by atoms with van der Waals surface area (Å²) in [5.41, 5.74) is 5.54. The minimum absolute atomic E-state index is 0.239. The molecule has 0 unspecified atom stereocenters. The lowest BCUT2D eigenvalue weighted by molar-refractivity contribution is 0.100.